The molecule has 4 nitrogen and oxygen atoms in total. The molecule has 1 heterocycles. The highest BCUT2D eigenvalue weighted by Crippen LogP contribution is 2.44. The van der Waals surface area contributed by atoms with Crippen molar-refractivity contribution in [3.05, 3.63) is 29.5 Å². The van der Waals surface area contributed by atoms with Crippen molar-refractivity contribution in [3.63, 3.8) is 0 Å². The number of nitrogens with zero attached hydrogens (tertiary/aromatic N) is 3. The van der Waals surface area contributed by atoms with E-state index in [1.807, 2.05) is 6.92 Å². The van der Waals surface area contributed by atoms with Gasteiger partial charge in [-0.2, -0.15) is 10.4 Å². The molecule has 2 aliphatic carbocycles. The topological polar surface area (TPSA) is 61.8 Å². The van der Waals surface area contributed by atoms with Crippen LogP contribution in [0.4, 0.5) is 0 Å². The number of hydrogen-bond acceptors (Lipinski definition) is 3. The van der Waals surface area contributed by atoms with Crippen LogP contribution in [0.25, 0.3) is 10.9 Å². The predicted octanol–water partition coefficient (Wildman–Crippen LogP) is 4.80. The minimum atomic E-state index is -0.633. The molecule has 0 unspecified atom stereocenters. The minimum Gasteiger partial charge on any atom is -0.390 e. The molecule has 0 spiro atoms. The number of nitriles is 1. The molecule has 4 rings (SSSR count). The zero-order valence-corrected chi connectivity index (χ0v) is 16.0. The SMILES string of the molecule is CCc1nn(C2CCCC2)c2cc(C3(C#N)CCC(C)(O)CC3)ccc12. The lowest BCUT2D eigenvalue weighted by atomic mass is 9.66. The average molecular weight is 351 g/mol. The molecule has 1 aromatic heterocycles. The van der Waals surface area contributed by atoms with Gasteiger partial charge in [0.15, 0.2) is 0 Å². The minimum absolute atomic E-state index is 0.479. The number of hydrogen-bond donors (Lipinski definition) is 1. The van der Waals surface area contributed by atoms with Gasteiger partial charge >= 0.3 is 0 Å². The van der Waals surface area contributed by atoms with Crippen LogP contribution in [0, 0.1) is 11.3 Å². The lowest BCUT2D eigenvalue weighted by molar-refractivity contribution is 0.00855. The quantitative estimate of drug-likeness (QED) is 0.864. The zero-order valence-electron chi connectivity index (χ0n) is 16.0. The Morgan fingerprint density at radius 3 is 2.54 bits per heavy atom. The molecule has 0 saturated heterocycles. The smallest absolute Gasteiger partial charge is 0.0825 e. The summed E-state index contributed by atoms with van der Waals surface area (Å²) < 4.78 is 2.24. The predicted molar refractivity (Wildman–Crippen MR) is 103 cm³/mol. The van der Waals surface area contributed by atoms with Crippen LogP contribution in [0.15, 0.2) is 18.2 Å². The second-order valence-corrected chi connectivity index (χ2v) is 8.61. The Kier molecular flexibility index (Phi) is 4.31. The molecule has 138 valence electrons. The van der Waals surface area contributed by atoms with Crippen molar-refractivity contribution in [1.29, 1.82) is 5.26 Å². The molecule has 0 amide bonds. The molecule has 2 fully saturated rings. The van der Waals surface area contributed by atoms with Crippen molar-refractivity contribution in [1.82, 2.24) is 9.78 Å². The third kappa shape index (κ3) is 2.83. The first kappa shape index (κ1) is 17.5. The summed E-state index contributed by atoms with van der Waals surface area (Å²) in [6.45, 7) is 4.05. The number of benzene rings is 1. The Labute approximate surface area is 155 Å². The normalized spacial score (nSPS) is 29.9. The highest BCUT2D eigenvalue weighted by molar-refractivity contribution is 5.83. The Hall–Kier alpha value is -1.86. The summed E-state index contributed by atoms with van der Waals surface area (Å²) in [5.41, 5.74) is 2.35. The van der Waals surface area contributed by atoms with Gasteiger partial charge in [-0.05, 0) is 63.5 Å². The van der Waals surface area contributed by atoms with Gasteiger partial charge in [0, 0.05) is 5.39 Å². The summed E-state index contributed by atoms with van der Waals surface area (Å²) in [6.07, 6.45) is 8.71. The van der Waals surface area contributed by atoms with Crippen molar-refractivity contribution >= 4 is 10.9 Å². The summed E-state index contributed by atoms with van der Waals surface area (Å²) in [7, 11) is 0. The van der Waals surface area contributed by atoms with Gasteiger partial charge in [0.1, 0.15) is 0 Å². The molecule has 2 aromatic rings. The van der Waals surface area contributed by atoms with E-state index in [0.29, 0.717) is 18.9 Å². The first-order valence-electron chi connectivity index (χ1n) is 10.1. The molecule has 2 saturated carbocycles. The third-order valence-corrected chi connectivity index (χ3v) is 6.74. The lowest BCUT2D eigenvalue weighted by Crippen LogP contribution is -2.38. The van der Waals surface area contributed by atoms with Crippen LogP contribution in [0.3, 0.4) is 0 Å². The number of aromatic nitrogens is 2. The number of aliphatic hydroxyl groups is 1. The van der Waals surface area contributed by atoms with Gasteiger partial charge in [0.25, 0.3) is 0 Å². The van der Waals surface area contributed by atoms with Gasteiger partial charge in [-0.3, -0.25) is 4.68 Å². The van der Waals surface area contributed by atoms with E-state index in [-0.39, 0.29) is 0 Å². The van der Waals surface area contributed by atoms with Gasteiger partial charge in [-0.25, -0.2) is 0 Å². The molecule has 2 aliphatic rings. The van der Waals surface area contributed by atoms with Crippen LogP contribution in [0.2, 0.25) is 0 Å². The first-order chi connectivity index (χ1) is 12.5. The molecule has 0 atom stereocenters. The molecule has 0 aliphatic heterocycles. The first-order valence-corrected chi connectivity index (χ1v) is 10.1. The van der Waals surface area contributed by atoms with Gasteiger partial charge in [0.05, 0.1) is 34.3 Å². The van der Waals surface area contributed by atoms with E-state index in [9.17, 15) is 10.4 Å². The van der Waals surface area contributed by atoms with E-state index in [1.165, 1.54) is 36.6 Å². The fourth-order valence-corrected chi connectivity index (χ4v) is 4.87. The van der Waals surface area contributed by atoms with Crippen molar-refractivity contribution in [2.45, 2.75) is 88.7 Å². The maximum atomic E-state index is 10.3. The molecule has 1 aromatic carbocycles. The summed E-state index contributed by atoms with van der Waals surface area (Å²) in [4.78, 5) is 0. The van der Waals surface area contributed by atoms with E-state index < -0.39 is 11.0 Å². The van der Waals surface area contributed by atoms with Crippen LogP contribution < -0.4 is 0 Å². The van der Waals surface area contributed by atoms with Crippen LogP contribution in [0.1, 0.15) is 82.5 Å². The van der Waals surface area contributed by atoms with Crippen LogP contribution in [-0.4, -0.2) is 20.5 Å². The van der Waals surface area contributed by atoms with Crippen LogP contribution in [-0.2, 0) is 11.8 Å². The Morgan fingerprint density at radius 2 is 1.92 bits per heavy atom. The second-order valence-electron chi connectivity index (χ2n) is 8.61. The summed E-state index contributed by atoms with van der Waals surface area (Å²) in [5.74, 6) is 0. The van der Waals surface area contributed by atoms with Gasteiger partial charge in [-0.1, -0.05) is 31.9 Å². The highest BCUT2D eigenvalue weighted by atomic mass is 16.3. The summed E-state index contributed by atoms with van der Waals surface area (Å²) >= 11 is 0. The molecular weight excluding hydrogens is 322 g/mol. The Bertz CT molecular complexity index is 842. The fraction of sp³-hybridized carbons (Fsp3) is 0.636. The zero-order chi connectivity index (χ0) is 18.4. The Balaban J connectivity index is 1.79. The average Bonchev–Trinajstić information content (AvgIpc) is 3.29. The maximum absolute atomic E-state index is 10.3. The fourth-order valence-electron chi connectivity index (χ4n) is 4.87. The van der Waals surface area contributed by atoms with Crippen LogP contribution >= 0.6 is 0 Å². The standard InChI is InChI=1S/C22H29N3O/c1-3-19-18-9-8-16(22(15-23)12-10-21(2,26)11-13-22)14-20(18)25(24-19)17-6-4-5-7-17/h8-9,14,17,26H,3-7,10-13H2,1-2H3. The third-order valence-electron chi connectivity index (χ3n) is 6.74. The summed E-state index contributed by atoms with van der Waals surface area (Å²) in [5, 5.41) is 26.5. The van der Waals surface area contributed by atoms with E-state index in [4.69, 9.17) is 5.10 Å². The Morgan fingerprint density at radius 1 is 1.23 bits per heavy atom. The van der Waals surface area contributed by atoms with E-state index in [0.717, 1.165) is 30.5 Å². The highest BCUT2D eigenvalue weighted by Gasteiger charge is 2.41. The van der Waals surface area contributed by atoms with Gasteiger partial charge < -0.3 is 5.11 Å². The number of fused-ring (bicyclic) bond motifs is 1. The van der Waals surface area contributed by atoms with Crippen LogP contribution in [0.5, 0.6) is 0 Å². The lowest BCUT2D eigenvalue weighted by Gasteiger charge is -2.38. The van der Waals surface area contributed by atoms with Crippen molar-refractivity contribution in [2.75, 3.05) is 0 Å². The maximum Gasteiger partial charge on any atom is 0.0825 e. The monoisotopic (exact) mass is 351 g/mol. The van der Waals surface area contributed by atoms with Gasteiger partial charge in [0.2, 0.25) is 0 Å². The number of rotatable bonds is 3. The molecular formula is C22H29N3O. The largest absolute Gasteiger partial charge is 0.390 e. The van der Waals surface area contributed by atoms with E-state index >= 15 is 0 Å². The molecule has 4 heteroatoms. The van der Waals surface area contributed by atoms with E-state index in [2.05, 4.69) is 35.9 Å². The molecule has 0 radical (unpaired) electrons. The van der Waals surface area contributed by atoms with Crippen molar-refractivity contribution < 1.29 is 5.11 Å². The molecule has 1 N–H and O–H groups in total. The molecule has 26 heavy (non-hydrogen) atoms. The van der Waals surface area contributed by atoms with E-state index in [1.54, 1.807) is 0 Å². The van der Waals surface area contributed by atoms with Crippen molar-refractivity contribution in [2.24, 2.45) is 0 Å². The van der Waals surface area contributed by atoms with Gasteiger partial charge in [-0.15, -0.1) is 0 Å². The second kappa shape index (κ2) is 6.39. The summed E-state index contributed by atoms with van der Waals surface area (Å²) in [6, 6.07) is 9.63. The molecule has 0 bridgehead atoms. The number of aryl methyl sites for hydroxylation is 1. The van der Waals surface area contributed by atoms with Crippen molar-refractivity contribution in [3.8, 4) is 6.07 Å².